The molecule has 0 aliphatic rings. The normalized spacial score (nSPS) is 10.5. The fourth-order valence-corrected chi connectivity index (χ4v) is 1.78. The molecule has 2 rings (SSSR count). The minimum absolute atomic E-state index is 0. The van der Waals surface area contributed by atoms with Crippen molar-refractivity contribution in [3.8, 4) is 0 Å². The molecule has 1 N–H and O–H groups in total. The molecule has 0 atom stereocenters. The minimum Gasteiger partial charge on any atom is -0.364 e. The van der Waals surface area contributed by atoms with Crippen LogP contribution in [0.3, 0.4) is 0 Å². The van der Waals surface area contributed by atoms with E-state index < -0.39 is 11.6 Å². The van der Waals surface area contributed by atoms with E-state index in [4.69, 9.17) is 0 Å². The van der Waals surface area contributed by atoms with Gasteiger partial charge in [0.25, 0.3) is 0 Å². The second kappa shape index (κ2) is 6.70. The Kier molecular flexibility index (Phi) is 5.51. The van der Waals surface area contributed by atoms with E-state index in [1.165, 1.54) is 6.07 Å². The number of anilines is 1. The average Bonchev–Trinajstić information content (AvgIpc) is 2.72. The first-order valence-electron chi connectivity index (χ1n) is 6.21. The van der Waals surface area contributed by atoms with Gasteiger partial charge in [0.05, 0.1) is 0 Å². The van der Waals surface area contributed by atoms with E-state index in [0.29, 0.717) is 11.4 Å². The number of benzene rings is 1. The van der Waals surface area contributed by atoms with Crippen LogP contribution in [-0.4, -0.2) is 9.78 Å². The van der Waals surface area contributed by atoms with E-state index in [-0.39, 0.29) is 25.0 Å². The second-order valence-corrected chi connectivity index (χ2v) is 4.82. The molecule has 0 unspecified atom stereocenters. The van der Waals surface area contributed by atoms with Crippen LogP contribution in [0.1, 0.15) is 31.0 Å². The second-order valence-electron chi connectivity index (χ2n) is 4.82. The highest BCUT2D eigenvalue weighted by Crippen LogP contribution is 2.17. The summed E-state index contributed by atoms with van der Waals surface area (Å²) in [5.41, 5.74) is 1.27. The smallest absolute Gasteiger partial charge is 0.151 e. The molecule has 0 spiro atoms. The molecule has 1 heterocycles. The van der Waals surface area contributed by atoms with Crippen molar-refractivity contribution in [3.63, 3.8) is 0 Å². The van der Waals surface area contributed by atoms with Crippen molar-refractivity contribution in [1.29, 1.82) is 0 Å². The monoisotopic (exact) mass is 301 g/mol. The zero-order valence-corrected chi connectivity index (χ0v) is 12.5. The fraction of sp³-hybridized carbons (Fsp3) is 0.357. The Hall–Kier alpha value is -1.62. The summed E-state index contributed by atoms with van der Waals surface area (Å²) in [5.74, 6) is -0.171. The topological polar surface area (TPSA) is 29.9 Å². The number of rotatable bonds is 4. The summed E-state index contributed by atoms with van der Waals surface area (Å²) >= 11 is 0. The lowest BCUT2D eigenvalue weighted by Gasteiger charge is -2.07. The molecule has 6 heteroatoms. The summed E-state index contributed by atoms with van der Waals surface area (Å²) in [6, 6.07) is 3.70. The van der Waals surface area contributed by atoms with E-state index in [2.05, 4.69) is 10.4 Å². The quantitative estimate of drug-likeness (QED) is 0.922. The molecular formula is C14H18ClF2N3. The van der Waals surface area contributed by atoms with E-state index in [9.17, 15) is 8.78 Å². The lowest BCUT2D eigenvalue weighted by molar-refractivity contribution is 0.533. The summed E-state index contributed by atoms with van der Waals surface area (Å²) in [4.78, 5) is 0. The highest BCUT2D eigenvalue weighted by molar-refractivity contribution is 5.85. The Balaban J connectivity index is 0.00000200. The molecule has 0 bridgehead atoms. The maximum absolute atomic E-state index is 13.5. The molecule has 2 aromatic rings. The van der Waals surface area contributed by atoms with Crippen LogP contribution in [0.15, 0.2) is 24.4 Å². The zero-order valence-electron chi connectivity index (χ0n) is 11.7. The van der Waals surface area contributed by atoms with Crippen molar-refractivity contribution in [2.75, 3.05) is 5.32 Å². The molecule has 0 saturated carbocycles. The van der Waals surface area contributed by atoms with Gasteiger partial charge in [-0.3, -0.25) is 4.68 Å². The van der Waals surface area contributed by atoms with Crippen molar-refractivity contribution in [1.82, 2.24) is 9.78 Å². The maximum Gasteiger partial charge on any atom is 0.151 e. The Labute approximate surface area is 123 Å². The zero-order chi connectivity index (χ0) is 14.0. The molecule has 1 aromatic carbocycles. The van der Waals surface area contributed by atoms with Gasteiger partial charge in [-0.05, 0) is 39.0 Å². The van der Waals surface area contributed by atoms with Crippen molar-refractivity contribution in [2.45, 2.75) is 33.4 Å². The van der Waals surface area contributed by atoms with Crippen LogP contribution in [-0.2, 0) is 6.54 Å². The van der Waals surface area contributed by atoms with Gasteiger partial charge in [0.1, 0.15) is 11.6 Å². The lowest BCUT2D eigenvalue weighted by atomic mass is 10.2. The molecule has 20 heavy (non-hydrogen) atoms. The number of aryl methyl sites for hydroxylation is 1. The van der Waals surface area contributed by atoms with Gasteiger partial charge in [0.15, 0.2) is 5.82 Å². The Morgan fingerprint density at radius 2 is 2.00 bits per heavy atom. The number of nitrogens with one attached hydrogen (secondary N) is 1. The third kappa shape index (κ3) is 3.70. The first kappa shape index (κ1) is 16.4. The molecule has 110 valence electrons. The molecule has 3 nitrogen and oxygen atoms in total. The summed E-state index contributed by atoms with van der Waals surface area (Å²) in [6.45, 7) is 6.20. The summed E-state index contributed by atoms with van der Waals surface area (Å²) in [5, 5.41) is 7.40. The van der Waals surface area contributed by atoms with Crippen LogP contribution in [0.2, 0.25) is 0 Å². The third-order valence-corrected chi connectivity index (χ3v) is 2.90. The van der Waals surface area contributed by atoms with Crippen molar-refractivity contribution >= 4 is 18.2 Å². The number of hydrogen-bond acceptors (Lipinski definition) is 2. The van der Waals surface area contributed by atoms with Gasteiger partial charge < -0.3 is 5.32 Å². The molecule has 0 aliphatic carbocycles. The van der Waals surface area contributed by atoms with Crippen LogP contribution in [0.4, 0.5) is 14.6 Å². The maximum atomic E-state index is 13.5. The van der Waals surface area contributed by atoms with Crippen LogP contribution in [0.5, 0.6) is 0 Å². The van der Waals surface area contributed by atoms with Crippen molar-refractivity contribution in [3.05, 3.63) is 47.2 Å². The fourth-order valence-electron chi connectivity index (χ4n) is 1.78. The molecular weight excluding hydrogens is 284 g/mol. The Bertz CT molecular complexity index is 582. The van der Waals surface area contributed by atoms with E-state index >= 15 is 0 Å². The highest BCUT2D eigenvalue weighted by Gasteiger charge is 2.09. The van der Waals surface area contributed by atoms with Gasteiger partial charge in [-0.25, -0.2) is 8.78 Å². The molecule has 0 amide bonds. The average molecular weight is 302 g/mol. The van der Waals surface area contributed by atoms with Gasteiger partial charge in [-0.2, -0.15) is 5.10 Å². The number of nitrogens with zero attached hydrogens (tertiary/aromatic N) is 2. The summed E-state index contributed by atoms with van der Waals surface area (Å²) in [6.07, 6.45) is 1.93. The highest BCUT2D eigenvalue weighted by atomic mass is 35.5. The number of aromatic nitrogens is 2. The predicted molar refractivity (Wildman–Crippen MR) is 78.3 cm³/mol. The van der Waals surface area contributed by atoms with Gasteiger partial charge in [0.2, 0.25) is 0 Å². The van der Waals surface area contributed by atoms with Crippen molar-refractivity contribution in [2.24, 2.45) is 0 Å². The third-order valence-electron chi connectivity index (χ3n) is 2.90. The van der Waals surface area contributed by atoms with E-state index in [1.807, 2.05) is 31.6 Å². The Morgan fingerprint density at radius 1 is 1.30 bits per heavy atom. The van der Waals surface area contributed by atoms with E-state index in [1.54, 1.807) is 0 Å². The summed E-state index contributed by atoms with van der Waals surface area (Å²) in [7, 11) is 0. The lowest BCUT2D eigenvalue weighted by Crippen LogP contribution is -2.05. The van der Waals surface area contributed by atoms with Crippen LogP contribution >= 0.6 is 12.4 Å². The molecule has 0 saturated heterocycles. The van der Waals surface area contributed by atoms with Crippen LogP contribution in [0, 0.1) is 18.6 Å². The molecule has 0 fully saturated rings. The van der Waals surface area contributed by atoms with Crippen molar-refractivity contribution < 1.29 is 8.78 Å². The minimum atomic E-state index is -0.442. The molecule has 1 aromatic heterocycles. The SMILES string of the molecule is Cc1cn(C(C)C)nc1NCc1cc(F)ccc1F.Cl. The first-order chi connectivity index (χ1) is 8.97. The standard InChI is InChI=1S/C14H17F2N3.ClH/c1-9(2)19-8-10(3)14(18-19)17-7-11-6-12(15)4-5-13(11)16;/h4-6,8-9H,7H2,1-3H3,(H,17,18);1H. The van der Waals surface area contributed by atoms with Gasteiger partial charge >= 0.3 is 0 Å². The van der Waals surface area contributed by atoms with Gasteiger partial charge in [-0.1, -0.05) is 0 Å². The van der Waals surface area contributed by atoms with Gasteiger partial charge in [-0.15, -0.1) is 12.4 Å². The van der Waals surface area contributed by atoms with Gasteiger partial charge in [0, 0.05) is 29.9 Å². The van der Waals surface area contributed by atoms with E-state index in [0.717, 1.165) is 17.7 Å². The summed E-state index contributed by atoms with van der Waals surface area (Å²) < 4.78 is 28.4. The first-order valence-corrected chi connectivity index (χ1v) is 6.21. The van der Waals surface area contributed by atoms with Crippen LogP contribution < -0.4 is 5.32 Å². The molecule has 0 aliphatic heterocycles. The van der Waals surface area contributed by atoms with Crippen LogP contribution in [0.25, 0.3) is 0 Å². The molecule has 0 radical (unpaired) electrons. The number of hydrogen-bond donors (Lipinski definition) is 1. The number of halogens is 3. The largest absolute Gasteiger partial charge is 0.364 e. The predicted octanol–water partition coefficient (Wildman–Crippen LogP) is 4.08. The Morgan fingerprint density at radius 3 is 2.60 bits per heavy atom.